The van der Waals surface area contributed by atoms with Gasteiger partial charge < -0.3 is 10.6 Å². The molecule has 0 radical (unpaired) electrons. The van der Waals surface area contributed by atoms with Crippen molar-refractivity contribution in [2.75, 3.05) is 11.9 Å². The summed E-state index contributed by atoms with van der Waals surface area (Å²) in [5, 5.41) is 5.26. The summed E-state index contributed by atoms with van der Waals surface area (Å²) >= 11 is 0. The number of hydrogen-bond donors (Lipinski definition) is 2. The van der Waals surface area contributed by atoms with Crippen LogP contribution >= 0.6 is 0 Å². The van der Waals surface area contributed by atoms with Crippen molar-refractivity contribution in [2.45, 2.75) is 93.2 Å². The van der Waals surface area contributed by atoms with Crippen LogP contribution in [0.15, 0.2) is 48.5 Å². The van der Waals surface area contributed by atoms with Gasteiger partial charge in [0.1, 0.15) is 11.2 Å². The fourth-order valence-corrected chi connectivity index (χ4v) is 3.71. The predicted molar refractivity (Wildman–Crippen MR) is 156 cm³/mol. The normalized spacial score (nSPS) is 14.6. The number of carbonyl (C=O) groups excluding carboxylic acids is 3. The van der Waals surface area contributed by atoms with Gasteiger partial charge in [0.15, 0.2) is 0 Å². The molecule has 2 amide bonds. The Kier molecular flexibility index (Phi) is 13.1. The van der Waals surface area contributed by atoms with Crippen molar-refractivity contribution in [3.63, 3.8) is 0 Å². The number of carbonyl (C=O) groups is 3. The molecule has 0 saturated heterocycles. The van der Waals surface area contributed by atoms with Crippen molar-refractivity contribution >= 4 is 23.3 Å². The number of ketones is 1. The van der Waals surface area contributed by atoms with Crippen LogP contribution in [-0.2, 0) is 14.4 Å². The second-order valence-corrected chi connectivity index (χ2v) is 11.3. The highest BCUT2D eigenvalue weighted by Gasteiger charge is 2.48. The molecule has 0 aliphatic carbocycles. The van der Waals surface area contributed by atoms with E-state index in [0.717, 1.165) is 49.9 Å². The molecule has 3 rings (SSSR count). The van der Waals surface area contributed by atoms with E-state index >= 15 is 0 Å². The van der Waals surface area contributed by atoms with Gasteiger partial charge in [-0.2, -0.15) is 13.2 Å². The van der Waals surface area contributed by atoms with E-state index in [1.807, 2.05) is 30.3 Å². The third-order valence-corrected chi connectivity index (χ3v) is 6.88. The summed E-state index contributed by atoms with van der Waals surface area (Å²) < 4.78 is 37.6. The smallest absolute Gasteiger partial charge is 0.354 e. The highest BCUT2D eigenvalue weighted by molar-refractivity contribution is 6.04. The van der Waals surface area contributed by atoms with Crippen LogP contribution in [0, 0.1) is 10.8 Å². The van der Waals surface area contributed by atoms with Crippen molar-refractivity contribution in [3.8, 4) is 11.1 Å². The van der Waals surface area contributed by atoms with Crippen LogP contribution in [0.2, 0.25) is 0 Å². The largest absolute Gasteiger partial charge is 0.395 e. The first-order valence-corrected chi connectivity index (χ1v) is 13.9. The predicted octanol–water partition coefficient (Wildman–Crippen LogP) is 8.30. The van der Waals surface area contributed by atoms with Gasteiger partial charge >= 0.3 is 6.18 Å². The molecule has 5 nitrogen and oxygen atoms in total. The molecule has 0 fully saturated rings. The van der Waals surface area contributed by atoms with E-state index in [0.29, 0.717) is 0 Å². The van der Waals surface area contributed by atoms with Gasteiger partial charge in [0, 0.05) is 17.8 Å². The minimum atomic E-state index is -4.40. The lowest BCUT2D eigenvalue weighted by Gasteiger charge is -2.29. The lowest BCUT2D eigenvalue weighted by molar-refractivity contribution is -0.209. The number of benzene rings is 2. The second kappa shape index (κ2) is 15.0. The maximum atomic E-state index is 12.5. The molecule has 222 valence electrons. The summed E-state index contributed by atoms with van der Waals surface area (Å²) in [5.74, 6) is -1.00. The van der Waals surface area contributed by atoms with Gasteiger partial charge in [0.2, 0.25) is 11.8 Å². The average molecular weight is 563 g/mol. The third kappa shape index (κ3) is 9.20. The van der Waals surface area contributed by atoms with Crippen molar-refractivity contribution in [1.82, 2.24) is 5.32 Å². The number of alkyl halides is 3. The Morgan fingerprint density at radius 1 is 0.900 bits per heavy atom. The Bertz CT molecular complexity index is 1140. The fourth-order valence-electron chi connectivity index (χ4n) is 3.71. The summed E-state index contributed by atoms with van der Waals surface area (Å²) in [5.41, 5.74) is 1.06. The Labute approximate surface area is 237 Å². The van der Waals surface area contributed by atoms with Gasteiger partial charge in [-0.05, 0) is 58.2 Å². The lowest BCUT2D eigenvalue weighted by Crippen LogP contribution is -2.48. The molecule has 40 heavy (non-hydrogen) atoms. The molecule has 1 aliphatic heterocycles. The molecule has 0 aromatic heterocycles. The zero-order valence-electron chi connectivity index (χ0n) is 25.1. The van der Waals surface area contributed by atoms with Crippen LogP contribution in [0.4, 0.5) is 18.9 Å². The Balaban J connectivity index is 0.000000370. The number of rotatable bonds is 7. The van der Waals surface area contributed by atoms with E-state index < -0.39 is 29.5 Å². The molecule has 0 saturated carbocycles. The zero-order chi connectivity index (χ0) is 30.7. The Morgan fingerprint density at radius 3 is 1.95 bits per heavy atom. The molecule has 0 bridgehead atoms. The van der Waals surface area contributed by atoms with Gasteiger partial charge in [-0.25, -0.2) is 0 Å². The van der Waals surface area contributed by atoms with Gasteiger partial charge in [-0.1, -0.05) is 82.5 Å². The third-order valence-electron chi connectivity index (χ3n) is 6.88. The van der Waals surface area contributed by atoms with Crippen LogP contribution in [0.1, 0.15) is 92.6 Å². The van der Waals surface area contributed by atoms with Crippen LogP contribution in [0.25, 0.3) is 11.1 Å². The minimum Gasteiger partial charge on any atom is -0.354 e. The van der Waals surface area contributed by atoms with Crippen molar-refractivity contribution in [3.05, 3.63) is 54.1 Å². The van der Waals surface area contributed by atoms with E-state index in [4.69, 9.17) is 0 Å². The number of unbranched alkanes of at least 4 members (excludes halogenated alkanes) is 1. The fraction of sp³-hybridized carbons (Fsp3) is 0.531. The number of hydrogen-bond acceptors (Lipinski definition) is 3. The zero-order valence-corrected chi connectivity index (χ0v) is 25.1. The molecule has 8 heteroatoms. The molecule has 1 atom stereocenters. The molecule has 0 spiro atoms. The topological polar surface area (TPSA) is 75.3 Å². The molecule has 0 unspecified atom stereocenters. The van der Waals surface area contributed by atoms with Gasteiger partial charge in [-0.15, -0.1) is 0 Å². The molecule has 2 aromatic carbocycles. The number of para-hydroxylation sites is 1. The van der Waals surface area contributed by atoms with Crippen LogP contribution in [0.3, 0.4) is 0 Å². The van der Waals surface area contributed by atoms with Crippen LogP contribution in [-0.4, -0.2) is 30.3 Å². The molecule has 1 heterocycles. The van der Waals surface area contributed by atoms with Crippen LogP contribution < -0.4 is 10.6 Å². The molecule has 1 aliphatic rings. The summed E-state index contributed by atoms with van der Waals surface area (Å²) in [4.78, 5) is 35.3. The number of anilines is 1. The van der Waals surface area contributed by atoms with E-state index in [-0.39, 0.29) is 17.6 Å². The van der Waals surface area contributed by atoms with Gasteiger partial charge in [0.05, 0.1) is 11.3 Å². The molecule has 2 aromatic rings. The molecular formula is C32H45F3N2O3. The van der Waals surface area contributed by atoms with Crippen molar-refractivity contribution in [2.24, 2.45) is 10.8 Å². The SMILES string of the molecule is CC(=O)C(C)(C)C(=O)NCC(C)(C)C(F)(F)F.CCC.CCCC[C@@H]1C(=O)Nc2ccccc2-c2ccccc21. The molecule has 2 N–H and O–H groups in total. The first-order valence-electron chi connectivity index (χ1n) is 13.9. The number of amides is 2. The van der Waals surface area contributed by atoms with E-state index in [9.17, 15) is 27.6 Å². The van der Waals surface area contributed by atoms with Crippen molar-refractivity contribution in [1.29, 1.82) is 0 Å². The number of fused-ring (bicyclic) bond motifs is 3. The maximum Gasteiger partial charge on any atom is 0.395 e. The van der Waals surface area contributed by atoms with E-state index in [1.165, 1.54) is 32.8 Å². The van der Waals surface area contributed by atoms with Gasteiger partial charge in [-0.3, -0.25) is 14.4 Å². The number of halogens is 3. The molecular weight excluding hydrogens is 517 g/mol. The van der Waals surface area contributed by atoms with E-state index in [1.54, 1.807) is 0 Å². The summed E-state index contributed by atoms with van der Waals surface area (Å²) in [6.45, 7) is 11.8. The first kappa shape index (κ1) is 34.9. The summed E-state index contributed by atoms with van der Waals surface area (Å²) in [6.07, 6.45) is -0.0599. The monoisotopic (exact) mass is 562 g/mol. The highest BCUT2D eigenvalue weighted by atomic mass is 19.4. The quantitative estimate of drug-likeness (QED) is 0.333. The summed E-state index contributed by atoms with van der Waals surface area (Å²) in [6, 6.07) is 16.3. The van der Waals surface area contributed by atoms with Crippen LogP contribution in [0.5, 0.6) is 0 Å². The minimum absolute atomic E-state index is 0.0430. The average Bonchev–Trinajstić information content (AvgIpc) is 2.99. The second-order valence-electron chi connectivity index (χ2n) is 11.3. The lowest BCUT2D eigenvalue weighted by atomic mass is 9.86. The highest BCUT2D eigenvalue weighted by Crippen LogP contribution is 2.40. The Morgan fingerprint density at radius 2 is 1.43 bits per heavy atom. The van der Waals surface area contributed by atoms with Crippen molar-refractivity contribution < 1.29 is 27.6 Å². The van der Waals surface area contributed by atoms with E-state index in [2.05, 4.69) is 49.6 Å². The standard InChI is InChI=1S/C18H19NO.C11H18F3NO2.C3H8/c1-2-3-8-16-14-10-5-4-9-13(14)15-11-6-7-12-17(15)19-18(16)20;1-7(16)10(4,5)8(17)15-6-9(2,3)11(12,13)14;1-3-2/h4-7,9-12,16H,2-3,8H2,1H3,(H,19,20);6H2,1-5H3,(H,15,17);3H2,1-2H3/t16-;;/m0../s1. The van der Waals surface area contributed by atoms with Gasteiger partial charge in [0.25, 0.3) is 0 Å². The maximum absolute atomic E-state index is 12.5. The Hall–Kier alpha value is -3.16. The summed E-state index contributed by atoms with van der Waals surface area (Å²) in [7, 11) is 0. The number of Topliss-reactive ketones (excluding diaryl/α,β-unsaturated/α-hetero) is 1. The first-order chi connectivity index (χ1) is 18.5. The number of nitrogens with one attached hydrogen (secondary N) is 2.